The highest BCUT2D eigenvalue weighted by molar-refractivity contribution is 5.91. The lowest BCUT2D eigenvalue weighted by molar-refractivity contribution is -0.0740. The van der Waals surface area contributed by atoms with Crippen molar-refractivity contribution in [1.82, 2.24) is 19.1 Å². The standard InChI is InChI=1S/C46H50N6O6/c1-45(2,3)58-43(53)48-39-20-18-34(28-47-39)38-22-23-46(31-57-38)24-26-51(27-25-46)35-16-11-17-36-41(35)50(4)44(54)52(36)37-19-21-40(55-29-32-12-7-5-8-13-32)49-42(37)56-30-33-14-9-6-10-15-33/h5-21,28,38H,22-27,29-31H2,1-4H3,(H,47,48,53)/t38-/m1/s1. The number of aromatic nitrogens is 4. The average Bonchev–Trinajstić information content (AvgIpc) is 3.49. The number of nitrogens with zero attached hydrogens (tertiary/aromatic N) is 5. The number of fused-ring (bicyclic) bond motifs is 1. The van der Waals surface area contributed by atoms with E-state index in [4.69, 9.17) is 23.9 Å². The zero-order valence-corrected chi connectivity index (χ0v) is 33.5. The zero-order valence-electron chi connectivity index (χ0n) is 33.5. The first kappa shape index (κ1) is 38.7. The molecule has 0 radical (unpaired) electrons. The summed E-state index contributed by atoms with van der Waals surface area (Å²) in [6, 6.07) is 33.3. The maximum atomic E-state index is 14.2. The summed E-state index contributed by atoms with van der Waals surface area (Å²) in [5.74, 6) is 1.16. The van der Waals surface area contributed by atoms with Crippen molar-refractivity contribution in [3.05, 3.63) is 136 Å². The van der Waals surface area contributed by atoms with Crippen LogP contribution in [0.15, 0.2) is 114 Å². The third-order valence-corrected chi connectivity index (χ3v) is 11.0. The van der Waals surface area contributed by atoms with Crippen molar-refractivity contribution < 1.29 is 23.7 Å². The monoisotopic (exact) mass is 782 g/mol. The van der Waals surface area contributed by atoms with Crippen LogP contribution < -0.4 is 25.4 Å². The zero-order chi connectivity index (χ0) is 40.3. The molecule has 0 aliphatic carbocycles. The van der Waals surface area contributed by atoms with Crippen LogP contribution in [0.4, 0.5) is 16.3 Å². The van der Waals surface area contributed by atoms with Gasteiger partial charge in [0.1, 0.15) is 30.3 Å². The number of para-hydroxylation sites is 1. The summed E-state index contributed by atoms with van der Waals surface area (Å²) in [6.45, 7) is 8.48. The van der Waals surface area contributed by atoms with Gasteiger partial charge in [0.05, 0.1) is 29.4 Å². The lowest BCUT2D eigenvalue weighted by atomic mass is 9.73. The second-order valence-corrected chi connectivity index (χ2v) is 16.3. The summed E-state index contributed by atoms with van der Waals surface area (Å²) in [4.78, 5) is 38.0. The van der Waals surface area contributed by atoms with Crippen molar-refractivity contribution in [1.29, 1.82) is 0 Å². The van der Waals surface area contributed by atoms with Crippen molar-refractivity contribution in [2.24, 2.45) is 12.5 Å². The van der Waals surface area contributed by atoms with E-state index in [0.717, 1.165) is 72.2 Å². The minimum atomic E-state index is -0.585. The molecule has 1 atom stereocenters. The third kappa shape index (κ3) is 8.57. The maximum Gasteiger partial charge on any atom is 0.413 e. The molecule has 1 spiro atoms. The second-order valence-electron chi connectivity index (χ2n) is 16.3. The Balaban J connectivity index is 0.974. The van der Waals surface area contributed by atoms with Crippen LogP contribution in [0.25, 0.3) is 16.7 Å². The van der Waals surface area contributed by atoms with Crippen molar-refractivity contribution in [2.75, 3.05) is 29.9 Å². The van der Waals surface area contributed by atoms with E-state index in [9.17, 15) is 9.59 Å². The number of anilines is 2. The number of carbonyl (C=O) groups is 1. The van der Waals surface area contributed by atoms with Crippen molar-refractivity contribution >= 4 is 28.6 Å². The summed E-state index contributed by atoms with van der Waals surface area (Å²) in [5.41, 5.74) is 5.53. The number of aryl methyl sites for hydroxylation is 1. The molecule has 2 aliphatic heterocycles. The minimum Gasteiger partial charge on any atom is -0.473 e. The fraction of sp³-hybridized carbons (Fsp3) is 0.348. The number of pyridine rings is 2. The van der Waals surface area contributed by atoms with Gasteiger partial charge in [-0.05, 0) is 92.8 Å². The van der Waals surface area contributed by atoms with E-state index in [1.807, 2.05) is 113 Å². The van der Waals surface area contributed by atoms with Gasteiger partial charge in [-0.3, -0.25) is 14.5 Å². The fourth-order valence-electron chi connectivity index (χ4n) is 7.94. The van der Waals surface area contributed by atoms with Gasteiger partial charge in [-0.25, -0.2) is 14.6 Å². The van der Waals surface area contributed by atoms with Gasteiger partial charge >= 0.3 is 11.8 Å². The predicted molar refractivity (Wildman–Crippen MR) is 224 cm³/mol. The van der Waals surface area contributed by atoms with E-state index >= 15 is 0 Å². The Labute approximate surface area is 338 Å². The van der Waals surface area contributed by atoms with E-state index < -0.39 is 11.7 Å². The first-order valence-corrected chi connectivity index (χ1v) is 19.9. The quantitative estimate of drug-likeness (QED) is 0.145. The Morgan fingerprint density at radius 2 is 1.55 bits per heavy atom. The Kier molecular flexibility index (Phi) is 10.9. The number of carbonyl (C=O) groups excluding carboxylic acids is 1. The van der Waals surface area contributed by atoms with E-state index in [-0.39, 0.29) is 23.8 Å². The molecule has 5 heterocycles. The lowest BCUT2D eigenvalue weighted by Crippen LogP contribution is -2.44. The van der Waals surface area contributed by atoms with Crippen LogP contribution in [0.2, 0.25) is 0 Å². The molecule has 1 N–H and O–H groups in total. The predicted octanol–water partition coefficient (Wildman–Crippen LogP) is 8.76. The molecule has 0 unspecified atom stereocenters. The minimum absolute atomic E-state index is 0.0460. The molecule has 2 saturated heterocycles. The van der Waals surface area contributed by atoms with E-state index in [1.165, 1.54) is 0 Å². The fourth-order valence-corrected chi connectivity index (χ4v) is 7.94. The van der Waals surface area contributed by atoms with Gasteiger partial charge in [0.15, 0.2) is 0 Å². The van der Waals surface area contributed by atoms with Crippen molar-refractivity contribution in [3.63, 3.8) is 0 Å². The van der Waals surface area contributed by atoms with Crippen LogP contribution >= 0.6 is 0 Å². The molecule has 2 fully saturated rings. The summed E-state index contributed by atoms with van der Waals surface area (Å²) < 4.78 is 27.7. The number of hydrogen-bond donors (Lipinski definition) is 1. The van der Waals surface area contributed by atoms with E-state index in [2.05, 4.69) is 21.3 Å². The highest BCUT2D eigenvalue weighted by Crippen LogP contribution is 2.45. The Bertz CT molecular complexity index is 2410. The molecule has 3 aromatic carbocycles. The van der Waals surface area contributed by atoms with Gasteiger partial charge < -0.3 is 23.8 Å². The molecule has 0 saturated carbocycles. The van der Waals surface area contributed by atoms with Gasteiger partial charge in [-0.1, -0.05) is 72.8 Å². The Hall–Kier alpha value is -6.14. The van der Waals surface area contributed by atoms with Crippen LogP contribution in [0, 0.1) is 5.41 Å². The topological polar surface area (TPSA) is 122 Å². The summed E-state index contributed by atoms with van der Waals surface area (Å²) in [7, 11) is 1.83. The van der Waals surface area contributed by atoms with Crippen molar-refractivity contribution in [3.8, 4) is 17.4 Å². The van der Waals surface area contributed by atoms with Crippen molar-refractivity contribution in [2.45, 2.75) is 71.4 Å². The third-order valence-electron chi connectivity index (χ3n) is 11.0. The molecular formula is C46H50N6O6. The first-order chi connectivity index (χ1) is 28.0. The van der Waals surface area contributed by atoms with Crippen LogP contribution in [-0.2, 0) is 29.7 Å². The van der Waals surface area contributed by atoms with Crippen LogP contribution in [-0.4, -0.2) is 50.5 Å². The van der Waals surface area contributed by atoms with E-state index in [0.29, 0.717) is 36.5 Å². The van der Waals surface area contributed by atoms with Crippen LogP contribution in [0.1, 0.15) is 69.2 Å². The average molecular weight is 783 g/mol. The maximum absolute atomic E-state index is 14.2. The summed E-state index contributed by atoms with van der Waals surface area (Å²) >= 11 is 0. The number of ether oxygens (including phenoxy) is 4. The number of imidazole rings is 1. The molecule has 0 bridgehead atoms. The number of rotatable bonds is 10. The lowest BCUT2D eigenvalue weighted by Gasteiger charge is -2.46. The first-order valence-electron chi connectivity index (χ1n) is 19.9. The smallest absolute Gasteiger partial charge is 0.413 e. The summed E-state index contributed by atoms with van der Waals surface area (Å²) in [5, 5.41) is 2.69. The number of piperidine rings is 1. The molecule has 58 heavy (non-hydrogen) atoms. The number of hydrogen-bond acceptors (Lipinski definition) is 9. The molecule has 6 aromatic rings. The molecule has 1 amide bonds. The molecule has 8 rings (SSSR count). The number of benzene rings is 3. The van der Waals surface area contributed by atoms with Gasteiger partial charge in [0.2, 0.25) is 11.8 Å². The molecule has 2 aliphatic rings. The van der Waals surface area contributed by atoms with Crippen LogP contribution in [0.5, 0.6) is 11.8 Å². The second kappa shape index (κ2) is 16.4. The molecule has 3 aromatic heterocycles. The van der Waals surface area contributed by atoms with Gasteiger partial charge in [-0.15, -0.1) is 0 Å². The normalized spacial score (nSPS) is 16.6. The number of amides is 1. The Morgan fingerprint density at radius 1 is 0.845 bits per heavy atom. The highest BCUT2D eigenvalue weighted by Gasteiger charge is 2.40. The SMILES string of the molecule is Cn1c(=O)n(-c2ccc(OCc3ccccc3)nc2OCc2ccccc2)c2cccc(N3CCC4(CC[C@H](c5ccc(NC(=O)OC(C)(C)C)nc5)OC4)CC3)c21. The molecule has 12 heteroatoms. The summed E-state index contributed by atoms with van der Waals surface area (Å²) in [6.07, 6.45) is 5.10. The van der Waals surface area contributed by atoms with Gasteiger partial charge in [-0.2, -0.15) is 4.98 Å². The van der Waals surface area contributed by atoms with Gasteiger partial charge in [0.25, 0.3) is 0 Å². The molecule has 12 nitrogen and oxygen atoms in total. The molecular weight excluding hydrogens is 733 g/mol. The largest absolute Gasteiger partial charge is 0.473 e. The molecule has 300 valence electrons. The van der Waals surface area contributed by atoms with Gasteiger partial charge in [0, 0.05) is 32.4 Å². The van der Waals surface area contributed by atoms with E-state index in [1.54, 1.807) is 27.5 Å². The number of nitrogens with one attached hydrogen (secondary N) is 1. The Morgan fingerprint density at radius 3 is 2.19 bits per heavy atom. The highest BCUT2D eigenvalue weighted by atomic mass is 16.6. The van der Waals surface area contributed by atoms with Crippen LogP contribution in [0.3, 0.4) is 0 Å².